The smallest absolute Gasteiger partial charge is 0.377 e. The van der Waals surface area contributed by atoms with Crippen molar-refractivity contribution in [2.24, 2.45) is 5.92 Å². The zero-order valence-electron chi connectivity index (χ0n) is 43.0. The lowest BCUT2D eigenvalue weighted by molar-refractivity contribution is -0.186. The van der Waals surface area contributed by atoms with Crippen LogP contribution in [0.2, 0.25) is 0 Å². The van der Waals surface area contributed by atoms with Crippen molar-refractivity contribution in [2.75, 3.05) is 59.5 Å². The van der Waals surface area contributed by atoms with Gasteiger partial charge in [-0.05, 0) is 102 Å². The summed E-state index contributed by atoms with van der Waals surface area (Å²) in [5.74, 6) is 7.56. The Bertz CT molecular complexity index is 2160. The Hall–Kier alpha value is -5.50. The lowest BCUT2D eigenvalue weighted by Gasteiger charge is -2.36. The molecule has 0 aromatic heterocycles. The number of aliphatic hydroxyl groups excluding tert-OH is 1. The minimum absolute atomic E-state index is 0.0789. The molecule has 2 aromatic carbocycles. The minimum atomic E-state index is -5.09. The van der Waals surface area contributed by atoms with Gasteiger partial charge in [-0.15, -0.1) is 0 Å². The van der Waals surface area contributed by atoms with E-state index in [-0.39, 0.29) is 62.5 Å². The molecular formula is C54H76F3N7O8. The standard InChI is InChI=1S/C54H76F3N7O8/c1-8-38(2)49(66)59-47(51(68)63-31-20-27-45(63)36-61(42(6)65)33-29-44-24-15-12-16-25-44)40(4)71-34-17-9-10-18-35-72-41(5)48(60-50(67)39(3)58-7)52(69)64-32-21-28-46(64)37-62(53(70)54(55,56)57)30-19-26-43-22-13-11-14-23-43/h11-16,22-25,38-41,45-48,50,58,60,67H,8,19-21,26-37H2,1-7H3,(H,59,66)/t38-,39+,40?,41?,45?,46+,47?,48?,50+/m1/s1. The van der Waals surface area contributed by atoms with E-state index >= 15 is 0 Å². The van der Waals surface area contributed by atoms with Crippen LogP contribution in [-0.2, 0) is 46.3 Å². The lowest BCUT2D eigenvalue weighted by atomic mass is 10.1. The quantitative estimate of drug-likeness (QED) is 0.0787. The molecule has 18 heteroatoms. The number of aliphatic hydroxyl groups is 1. The normalized spacial score (nSPS) is 18.5. The van der Waals surface area contributed by atoms with Crippen LogP contribution in [0.25, 0.3) is 0 Å². The van der Waals surface area contributed by atoms with Gasteiger partial charge in [0, 0.05) is 70.2 Å². The van der Waals surface area contributed by atoms with Crippen molar-refractivity contribution in [3.05, 3.63) is 71.8 Å². The molecule has 9 atom stereocenters. The van der Waals surface area contributed by atoms with E-state index in [0.717, 1.165) is 22.4 Å². The Balaban J connectivity index is 1.38. The number of nitrogens with zero attached hydrogens (tertiary/aromatic N) is 4. The molecule has 2 aromatic rings. The van der Waals surface area contributed by atoms with Gasteiger partial charge in [0.1, 0.15) is 31.5 Å². The predicted molar refractivity (Wildman–Crippen MR) is 268 cm³/mol. The summed E-state index contributed by atoms with van der Waals surface area (Å²) in [5, 5.41) is 19.7. The first-order valence-electron chi connectivity index (χ1n) is 25.3. The van der Waals surface area contributed by atoms with Gasteiger partial charge in [0.05, 0.1) is 12.2 Å². The van der Waals surface area contributed by atoms with E-state index in [9.17, 15) is 42.3 Å². The maximum Gasteiger partial charge on any atom is 0.471 e. The molecule has 396 valence electrons. The lowest BCUT2D eigenvalue weighted by Crippen LogP contribution is -2.60. The zero-order chi connectivity index (χ0) is 52.8. The number of hydrogen-bond acceptors (Lipinski definition) is 10. The van der Waals surface area contributed by atoms with Crippen LogP contribution in [-0.4, -0.2) is 169 Å². The summed E-state index contributed by atoms with van der Waals surface area (Å²) in [6.45, 7) is 11.1. The fourth-order valence-corrected chi connectivity index (χ4v) is 8.81. The highest BCUT2D eigenvalue weighted by Crippen LogP contribution is 2.26. The van der Waals surface area contributed by atoms with Crippen molar-refractivity contribution in [3.63, 3.8) is 0 Å². The summed E-state index contributed by atoms with van der Waals surface area (Å²) in [7, 11) is 1.64. The van der Waals surface area contributed by atoms with Crippen molar-refractivity contribution < 1.29 is 51.7 Å². The third kappa shape index (κ3) is 18.5. The van der Waals surface area contributed by atoms with E-state index in [1.165, 1.54) is 11.8 Å². The van der Waals surface area contributed by atoms with Crippen LogP contribution in [0, 0.1) is 29.6 Å². The monoisotopic (exact) mass is 1010 g/mol. The summed E-state index contributed by atoms with van der Waals surface area (Å²) < 4.78 is 53.4. The SMILES string of the molecule is CC[C@@H](C)C(=O)NC(C(=O)N1CCCC1CN(CCc1ccccc1)C(C)=O)C(C)OCC#CC#CCOC(C)C(N[C@@H](O)[C@H](C)NC)C(=O)N1CCC[C@H]1CN(CCCc1ccccc1)C(=O)C(F)(F)F. The van der Waals surface area contributed by atoms with Gasteiger partial charge in [-0.1, -0.05) is 86.4 Å². The van der Waals surface area contributed by atoms with Gasteiger partial charge in [-0.2, -0.15) is 13.2 Å². The number of likely N-dealkylation sites (N-methyl/N-ethyl adjacent to an activating group) is 1. The van der Waals surface area contributed by atoms with Crippen molar-refractivity contribution in [2.45, 2.75) is 148 Å². The summed E-state index contributed by atoms with van der Waals surface area (Å²) in [5.41, 5.74) is 2.04. The summed E-state index contributed by atoms with van der Waals surface area (Å²) in [6, 6.07) is 15.6. The summed E-state index contributed by atoms with van der Waals surface area (Å²) in [4.78, 5) is 72.9. The Morgan fingerprint density at radius 2 is 1.26 bits per heavy atom. The molecule has 5 amide bonds. The topological polar surface area (TPSA) is 173 Å². The largest absolute Gasteiger partial charge is 0.471 e. The highest BCUT2D eigenvalue weighted by molar-refractivity contribution is 5.89. The van der Waals surface area contributed by atoms with Crippen molar-refractivity contribution >= 4 is 29.5 Å². The molecule has 0 saturated carbocycles. The molecular weight excluding hydrogens is 932 g/mol. The first-order chi connectivity index (χ1) is 34.4. The highest BCUT2D eigenvalue weighted by Gasteiger charge is 2.45. The van der Waals surface area contributed by atoms with E-state index in [1.807, 2.05) is 67.6 Å². The third-order valence-electron chi connectivity index (χ3n) is 13.6. The number of benzene rings is 2. The molecule has 2 heterocycles. The van der Waals surface area contributed by atoms with Crippen LogP contribution in [0.4, 0.5) is 13.2 Å². The van der Waals surface area contributed by atoms with E-state index in [4.69, 9.17) is 9.47 Å². The van der Waals surface area contributed by atoms with Crippen LogP contribution in [0.3, 0.4) is 0 Å². The Morgan fingerprint density at radius 1 is 0.764 bits per heavy atom. The summed E-state index contributed by atoms with van der Waals surface area (Å²) >= 11 is 0. The maximum absolute atomic E-state index is 14.3. The number of amides is 5. The van der Waals surface area contributed by atoms with Gasteiger partial charge in [-0.3, -0.25) is 29.3 Å². The number of hydrogen-bond donors (Lipinski definition) is 4. The average molecular weight is 1010 g/mol. The molecule has 15 nitrogen and oxygen atoms in total. The number of ether oxygens (including phenoxy) is 2. The van der Waals surface area contributed by atoms with Gasteiger partial charge >= 0.3 is 12.1 Å². The number of rotatable bonds is 26. The maximum atomic E-state index is 14.3. The van der Waals surface area contributed by atoms with Gasteiger partial charge in [0.2, 0.25) is 23.6 Å². The zero-order valence-corrected chi connectivity index (χ0v) is 43.0. The number of halogens is 3. The second-order valence-electron chi connectivity index (χ2n) is 18.8. The predicted octanol–water partition coefficient (Wildman–Crippen LogP) is 4.32. The molecule has 2 fully saturated rings. The Morgan fingerprint density at radius 3 is 1.76 bits per heavy atom. The molecule has 0 bridgehead atoms. The molecule has 72 heavy (non-hydrogen) atoms. The number of carbonyl (C=O) groups is 5. The van der Waals surface area contributed by atoms with Crippen LogP contribution in [0.1, 0.15) is 91.2 Å². The Kier molecular flexibility index (Phi) is 24.5. The van der Waals surface area contributed by atoms with Crippen molar-refractivity contribution in [1.29, 1.82) is 0 Å². The fraction of sp³-hybridized carbons (Fsp3) is 0.611. The third-order valence-corrected chi connectivity index (χ3v) is 13.6. The molecule has 2 aliphatic heterocycles. The van der Waals surface area contributed by atoms with Crippen molar-refractivity contribution in [3.8, 4) is 23.7 Å². The second-order valence-corrected chi connectivity index (χ2v) is 18.8. The molecule has 4 rings (SSSR count). The molecule has 0 spiro atoms. The number of nitrogens with one attached hydrogen (secondary N) is 3. The van der Waals surface area contributed by atoms with Gasteiger partial charge in [0.15, 0.2) is 0 Å². The molecule has 2 aliphatic rings. The molecule has 4 N–H and O–H groups in total. The van der Waals surface area contributed by atoms with E-state index in [0.29, 0.717) is 64.6 Å². The summed E-state index contributed by atoms with van der Waals surface area (Å²) in [6.07, 6.45) is -3.55. The number of carbonyl (C=O) groups excluding carboxylic acids is 5. The van der Waals surface area contributed by atoms with E-state index in [2.05, 4.69) is 39.6 Å². The van der Waals surface area contributed by atoms with Crippen molar-refractivity contribution in [1.82, 2.24) is 35.6 Å². The van der Waals surface area contributed by atoms with Crippen LogP contribution in [0.15, 0.2) is 60.7 Å². The van der Waals surface area contributed by atoms with Gasteiger partial charge in [0.25, 0.3) is 0 Å². The van der Waals surface area contributed by atoms with Crippen LogP contribution >= 0.6 is 0 Å². The van der Waals surface area contributed by atoms with E-state index in [1.54, 1.807) is 44.5 Å². The first kappa shape index (κ1) is 59.1. The van der Waals surface area contributed by atoms with Gasteiger partial charge < -0.3 is 44.8 Å². The molecule has 2 saturated heterocycles. The second kappa shape index (κ2) is 29.9. The van der Waals surface area contributed by atoms with E-state index < -0.39 is 60.6 Å². The number of alkyl halides is 3. The highest BCUT2D eigenvalue weighted by atomic mass is 19.4. The molecule has 0 radical (unpaired) electrons. The molecule has 0 aliphatic carbocycles. The Labute approximate surface area is 424 Å². The van der Waals surface area contributed by atoms with Crippen LogP contribution < -0.4 is 16.0 Å². The average Bonchev–Trinajstić information content (AvgIpc) is 4.05. The minimum Gasteiger partial charge on any atom is -0.377 e. The molecule has 5 unspecified atom stereocenters. The fourth-order valence-electron chi connectivity index (χ4n) is 8.81. The first-order valence-corrected chi connectivity index (χ1v) is 25.3. The van der Waals surface area contributed by atoms with Crippen LogP contribution in [0.5, 0.6) is 0 Å². The van der Waals surface area contributed by atoms with Gasteiger partial charge in [-0.25, -0.2) is 0 Å². The number of likely N-dealkylation sites (tertiary alicyclic amines) is 2. The number of aryl methyl sites for hydroxylation is 1.